The van der Waals surface area contributed by atoms with E-state index in [0.29, 0.717) is 5.92 Å². The topological polar surface area (TPSA) is 24.9 Å². The molecular weight excluding hydrogens is 264 g/mol. The monoisotopic (exact) mass is 288 g/mol. The summed E-state index contributed by atoms with van der Waals surface area (Å²) in [6.07, 6.45) is 0.942. The van der Waals surface area contributed by atoms with Gasteiger partial charge in [-0.2, -0.15) is 0 Å². The lowest BCUT2D eigenvalue weighted by Gasteiger charge is -2.05. The van der Waals surface area contributed by atoms with Crippen LogP contribution in [0, 0.1) is 19.8 Å². The predicted molar refractivity (Wildman–Crippen MR) is 87.4 cm³/mol. The highest BCUT2D eigenvalue weighted by Gasteiger charge is 2.08. The van der Waals surface area contributed by atoms with Gasteiger partial charge in [-0.05, 0) is 31.9 Å². The van der Waals surface area contributed by atoms with Crippen LogP contribution in [0.2, 0.25) is 0 Å². The fraction of sp³-hybridized carbons (Fsp3) is 0.471. The molecule has 0 aliphatic heterocycles. The van der Waals surface area contributed by atoms with E-state index in [1.165, 1.54) is 26.7 Å². The van der Waals surface area contributed by atoms with Crippen molar-refractivity contribution in [3.8, 4) is 0 Å². The van der Waals surface area contributed by atoms with Crippen molar-refractivity contribution in [2.24, 2.45) is 5.92 Å². The number of thiazole rings is 1. The molecule has 0 unspecified atom stereocenters. The van der Waals surface area contributed by atoms with Crippen LogP contribution in [0.15, 0.2) is 24.3 Å². The molecule has 1 heterocycles. The highest BCUT2D eigenvalue weighted by Crippen LogP contribution is 2.21. The molecule has 0 amide bonds. The highest BCUT2D eigenvalue weighted by atomic mass is 32.1. The van der Waals surface area contributed by atoms with Crippen LogP contribution in [-0.4, -0.2) is 11.5 Å². The van der Waals surface area contributed by atoms with Crippen molar-refractivity contribution in [3.63, 3.8) is 0 Å². The van der Waals surface area contributed by atoms with E-state index < -0.39 is 0 Å². The van der Waals surface area contributed by atoms with Crippen LogP contribution in [-0.2, 0) is 13.0 Å². The van der Waals surface area contributed by atoms with E-state index in [4.69, 9.17) is 4.98 Å². The second kappa shape index (κ2) is 7.00. The molecule has 0 spiro atoms. The average Bonchev–Trinajstić information content (AvgIpc) is 2.69. The Morgan fingerprint density at radius 3 is 2.75 bits per heavy atom. The van der Waals surface area contributed by atoms with Crippen molar-refractivity contribution >= 4 is 11.3 Å². The molecule has 2 aromatic rings. The van der Waals surface area contributed by atoms with E-state index in [1.807, 2.05) is 11.3 Å². The molecule has 108 valence electrons. The second-order valence-corrected chi connectivity index (χ2v) is 6.97. The normalized spacial score (nSPS) is 11.2. The van der Waals surface area contributed by atoms with Gasteiger partial charge in [-0.15, -0.1) is 11.3 Å². The van der Waals surface area contributed by atoms with Crippen LogP contribution in [0.1, 0.15) is 40.6 Å². The number of aromatic nitrogens is 1. The SMILES string of the molecule is Cc1cccc(Cc2nc(C)c(CNCC(C)C)s2)c1. The molecule has 2 rings (SSSR count). The first-order valence-electron chi connectivity index (χ1n) is 7.26. The van der Waals surface area contributed by atoms with Crippen molar-refractivity contribution in [2.45, 2.75) is 40.7 Å². The first kappa shape index (κ1) is 15.2. The Labute approximate surface area is 126 Å². The number of nitrogens with zero attached hydrogens (tertiary/aromatic N) is 1. The van der Waals surface area contributed by atoms with E-state index >= 15 is 0 Å². The Kier molecular flexibility index (Phi) is 5.32. The van der Waals surface area contributed by atoms with E-state index in [2.05, 4.69) is 57.3 Å². The molecule has 3 heteroatoms. The highest BCUT2D eigenvalue weighted by molar-refractivity contribution is 7.11. The number of benzene rings is 1. The number of nitrogens with one attached hydrogen (secondary N) is 1. The summed E-state index contributed by atoms with van der Waals surface area (Å²) in [5, 5.41) is 4.72. The maximum atomic E-state index is 4.71. The number of hydrogen-bond donors (Lipinski definition) is 1. The molecule has 1 N–H and O–H groups in total. The molecular formula is C17H24N2S. The van der Waals surface area contributed by atoms with Crippen molar-refractivity contribution < 1.29 is 0 Å². The Hall–Kier alpha value is -1.19. The second-order valence-electron chi connectivity index (χ2n) is 5.81. The first-order chi connectivity index (χ1) is 9.54. The molecule has 0 atom stereocenters. The fourth-order valence-corrected chi connectivity index (χ4v) is 3.27. The maximum absolute atomic E-state index is 4.71. The first-order valence-corrected chi connectivity index (χ1v) is 8.07. The van der Waals surface area contributed by atoms with Gasteiger partial charge in [0.05, 0.1) is 10.7 Å². The zero-order valence-corrected chi connectivity index (χ0v) is 13.7. The number of rotatable bonds is 6. The third-order valence-electron chi connectivity index (χ3n) is 3.21. The van der Waals surface area contributed by atoms with E-state index in [0.717, 1.165) is 19.5 Å². The minimum atomic E-state index is 0.690. The van der Waals surface area contributed by atoms with Crippen molar-refractivity contribution in [1.29, 1.82) is 0 Å². The van der Waals surface area contributed by atoms with Crippen LogP contribution in [0.4, 0.5) is 0 Å². The van der Waals surface area contributed by atoms with Crippen molar-refractivity contribution in [2.75, 3.05) is 6.54 Å². The van der Waals surface area contributed by atoms with E-state index in [1.54, 1.807) is 0 Å². The van der Waals surface area contributed by atoms with Crippen LogP contribution < -0.4 is 5.32 Å². The molecule has 1 aromatic heterocycles. The van der Waals surface area contributed by atoms with Gasteiger partial charge >= 0.3 is 0 Å². The van der Waals surface area contributed by atoms with Gasteiger partial charge in [-0.1, -0.05) is 43.7 Å². The van der Waals surface area contributed by atoms with Crippen LogP contribution in [0.25, 0.3) is 0 Å². The minimum absolute atomic E-state index is 0.690. The van der Waals surface area contributed by atoms with E-state index in [-0.39, 0.29) is 0 Å². The number of aryl methyl sites for hydroxylation is 2. The minimum Gasteiger partial charge on any atom is -0.312 e. The third kappa shape index (κ3) is 4.43. The quantitative estimate of drug-likeness (QED) is 0.865. The lowest BCUT2D eigenvalue weighted by Crippen LogP contribution is -2.18. The standard InChI is InChI=1S/C17H24N2S/c1-12(2)10-18-11-16-14(4)19-17(20-16)9-15-7-5-6-13(3)8-15/h5-8,12,18H,9-11H2,1-4H3. The van der Waals surface area contributed by atoms with Gasteiger partial charge in [-0.3, -0.25) is 0 Å². The van der Waals surface area contributed by atoms with Crippen LogP contribution >= 0.6 is 11.3 Å². The van der Waals surface area contributed by atoms with Crippen molar-refractivity contribution in [3.05, 3.63) is 51.0 Å². The summed E-state index contributed by atoms with van der Waals surface area (Å²) in [5.74, 6) is 0.690. The van der Waals surface area contributed by atoms with Crippen molar-refractivity contribution in [1.82, 2.24) is 10.3 Å². The molecule has 1 aromatic carbocycles. The summed E-state index contributed by atoms with van der Waals surface area (Å²) in [4.78, 5) is 6.08. The molecule has 0 aliphatic rings. The largest absolute Gasteiger partial charge is 0.312 e. The van der Waals surface area contributed by atoms with Gasteiger partial charge < -0.3 is 5.32 Å². The fourth-order valence-electron chi connectivity index (χ4n) is 2.20. The lowest BCUT2D eigenvalue weighted by atomic mass is 10.1. The molecule has 2 nitrogen and oxygen atoms in total. The van der Waals surface area contributed by atoms with Gasteiger partial charge in [0.25, 0.3) is 0 Å². The van der Waals surface area contributed by atoms with Gasteiger partial charge in [0.1, 0.15) is 0 Å². The Morgan fingerprint density at radius 1 is 1.25 bits per heavy atom. The molecule has 0 radical (unpaired) electrons. The summed E-state index contributed by atoms with van der Waals surface area (Å²) in [6.45, 7) is 10.7. The average molecular weight is 288 g/mol. The smallest absolute Gasteiger partial charge is 0.0975 e. The Balaban J connectivity index is 2.00. The molecule has 20 heavy (non-hydrogen) atoms. The summed E-state index contributed by atoms with van der Waals surface area (Å²) in [6, 6.07) is 8.68. The summed E-state index contributed by atoms with van der Waals surface area (Å²) < 4.78 is 0. The van der Waals surface area contributed by atoms with Gasteiger partial charge in [-0.25, -0.2) is 4.98 Å². The molecule has 0 bridgehead atoms. The molecule has 0 saturated carbocycles. The third-order valence-corrected chi connectivity index (χ3v) is 4.37. The van der Waals surface area contributed by atoms with Gasteiger partial charge in [0.2, 0.25) is 0 Å². The zero-order valence-electron chi connectivity index (χ0n) is 12.9. The van der Waals surface area contributed by atoms with Crippen LogP contribution in [0.5, 0.6) is 0 Å². The predicted octanol–water partition coefficient (Wildman–Crippen LogP) is 4.10. The van der Waals surface area contributed by atoms with Gasteiger partial charge in [0, 0.05) is 17.8 Å². The summed E-state index contributed by atoms with van der Waals surface area (Å²) in [5.41, 5.74) is 3.84. The zero-order chi connectivity index (χ0) is 14.5. The molecule has 0 aliphatic carbocycles. The van der Waals surface area contributed by atoms with E-state index in [9.17, 15) is 0 Å². The maximum Gasteiger partial charge on any atom is 0.0975 e. The summed E-state index contributed by atoms with van der Waals surface area (Å²) >= 11 is 1.84. The van der Waals surface area contributed by atoms with Gasteiger partial charge in [0.15, 0.2) is 0 Å². The Bertz CT molecular complexity index is 558. The molecule has 0 saturated heterocycles. The summed E-state index contributed by atoms with van der Waals surface area (Å²) in [7, 11) is 0. The lowest BCUT2D eigenvalue weighted by molar-refractivity contribution is 0.554. The van der Waals surface area contributed by atoms with Crippen LogP contribution in [0.3, 0.4) is 0 Å². The number of hydrogen-bond acceptors (Lipinski definition) is 3. The Morgan fingerprint density at radius 2 is 2.05 bits per heavy atom. The molecule has 0 fully saturated rings.